The molecule has 0 unspecified atom stereocenters. The van der Waals surface area contributed by atoms with Crippen LogP contribution in [-0.2, 0) is 5.41 Å². The predicted octanol–water partition coefficient (Wildman–Crippen LogP) is 19.8. The summed E-state index contributed by atoms with van der Waals surface area (Å²) in [6.45, 7) is 0. The minimum atomic E-state index is -0.743. The minimum absolute atomic E-state index is 0.743. The highest BCUT2D eigenvalue weighted by Crippen LogP contribution is 2.63. The first kappa shape index (κ1) is 44.0. The zero-order chi connectivity index (χ0) is 49.7. The molecule has 2 nitrogen and oxygen atoms in total. The molecule has 14 rings (SSSR count). The molecule has 0 saturated heterocycles. The monoisotopic (exact) mass is 954 g/mol. The SMILES string of the molecule is c1ccc(-c2cccc(N(c3ccccc3)c3ccc4c5c(c6ccccc6c4c3)-c3c(cc(N(c4ccccc4)c4cccc(-c6ccccc6)c4)c4ccccc34)C5(c3ccccc3)c3ccccc3)c2)cc1. The Morgan fingerprint density at radius 2 is 0.627 bits per heavy atom. The van der Waals surface area contributed by atoms with Crippen molar-refractivity contribution < 1.29 is 0 Å². The molecule has 352 valence electrons. The standard InChI is InChI=1S/C73H50N2/c1-7-25-51(26-8-1)53-29-23-39-59(47-53)74(57-35-15-5-16-36-57)61-45-46-66-67(49-61)62-41-19-21-43-64(62)71-70-65-44-22-20-42-63(65)69(50-68(70)73(72(66)71,55-31-11-3-12-32-55)56-33-13-4-14-34-56)75(58-37-17-6-18-38-58)60-40-24-30-54(48-60)52-27-9-2-10-28-52/h1-50H. The zero-order valence-corrected chi connectivity index (χ0v) is 41.3. The Labute approximate surface area is 438 Å². The van der Waals surface area contributed by atoms with Crippen LogP contribution in [0.1, 0.15) is 22.3 Å². The van der Waals surface area contributed by atoms with Gasteiger partial charge < -0.3 is 9.80 Å². The molecule has 1 aliphatic carbocycles. The number of anilines is 6. The summed E-state index contributed by atoms with van der Waals surface area (Å²) in [5.41, 5.74) is 18.1. The molecule has 0 saturated carbocycles. The Hall–Kier alpha value is -9.76. The van der Waals surface area contributed by atoms with E-state index in [0.29, 0.717) is 0 Å². The molecule has 0 spiro atoms. The quantitative estimate of drug-likeness (QED) is 0.126. The molecule has 0 N–H and O–H groups in total. The molecule has 75 heavy (non-hydrogen) atoms. The maximum absolute atomic E-state index is 2.55. The fourth-order valence-electron chi connectivity index (χ4n) is 12.3. The molecule has 0 atom stereocenters. The summed E-state index contributed by atoms with van der Waals surface area (Å²) in [5, 5.41) is 7.29. The van der Waals surface area contributed by atoms with Crippen LogP contribution in [0.15, 0.2) is 303 Å². The van der Waals surface area contributed by atoms with Gasteiger partial charge in [0.15, 0.2) is 0 Å². The van der Waals surface area contributed by atoms with Gasteiger partial charge in [-0.25, -0.2) is 0 Å². The predicted molar refractivity (Wildman–Crippen MR) is 317 cm³/mol. The van der Waals surface area contributed by atoms with Crippen LogP contribution in [0.25, 0.3) is 65.7 Å². The van der Waals surface area contributed by atoms with Crippen molar-refractivity contribution in [2.45, 2.75) is 5.41 Å². The first-order chi connectivity index (χ1) is 37.2. The Balaban J connectivity index is 1.09. The second-order valence-corrected chi connectivity index (χ2v) is 19.5. The van der Waals surface area contributed by atoms with E-state index in [-0.39, 0.29) is 0 Å². The largest absolute Gasteiger partial charge is 0.310 e. The highest BCUT2D eigenvalue weighted by Gasteiger charge is 2.49. The summed E-state index contributed by atoms with van der Waals surface area (Å²) < 4.78 is 0. The summed E-state index contributed by atoms with van der Waals surface area (Å²) in [5.74, 6) is 0. The Bertz CT molecular complexity index is 4170. The lowest BCUT2D eigenvalue weighted by Crippen LogP contribution is -2.29. The van der Waals surface area contributed by atoms with Gasteiger partial charge in [0.2, 0.25) is 0 Å². The van der Waals surface area contributed by atoms with Crippen molar-refractivity contribution >= 4 is 66.4 Å². The number of fused-ring (bicyclic) bond motifs is 10. The molecule has 13 aromatic rings. The normalized spacial score (nSPS) is 12.4. The molecular formula is C73H50N2. The molecule has 0 fully saturated rings. The van der Waals surface area contributed by atoms with Gasteiger partial charge in [0.1, 0.15) is 0 Å². The highest BCUT2D eigenvalue weighted by atomic mass is 15.1. The van der Waals surface area contributed by atoms with Crippen molar-refractivity contribution in [3.63, 3.8) is 0 Å². The van der Waals surface area contributed by atoms with E-state index < -0.39 is 5.41 Å². The number of para-hydroxylation sites is 2. The van der Waals surface area contributed by atoms with Gasteiger partial charge in [0.05, 0.1) is 11.1 Å². The lowest BCUT2D eigenvalue weighted by atomic mass is 9.66. The summed E-state index contributed by atoms with van der Waals surface area (Å²) >= 11 is 0. The maximum atomic E-state index is 2.55. The van der Waals surface area contributed by atoms with Crippen molar-refractivity contribution in [3.8, 4) is 33.4 Å². The number of benzene rings is 13. The second-order valence-electron chi connectivity index (χ2n) is 19.5. The summed E-state index contributed by atoms with van der Waals surface area (Å²) in [7, 11) is 0. The number of hydrogen-bond acceptors (Lipinski definition) is 2. The fourth-order valence-corrected chi connectivity index (χ4v) is 12.3. The van der Waals surface area contributed by atoms with Crippen LogP contribution < -0.4 is 9.80 Å². The number of nitrogens with zero attached hydrogens (tertiary/aromatic N) is 2. The van der Waals surface area contributed by atoms with Crippen LogP contribution in [0.5, 0.6) is 0 Å². The van der Waals surface area contributed by atoms with Gasteiger partial charge >= 0.3 is 0 Å². The van der Waals surface area contributed by atoms with E-state index in [1.54, 1.807) is 0 Å². The smallest absolute Gasteiger partial charge is 0.0720 e. The van der Waals surface area contributed by atoms with Crippen LogP contribution in [0.3, 0.4) is 0 Å². The summed E-state index contributed by atoms with van der Waals surface area (Å²) in [4.78, 5) is 4.89. The highest BCUT2D eigenvalue weighted by molar-refractivity contribution is 6.24. The number of hydrogen-bond donors (Lipinski definition) is 0. The third kappa shape index (κ3) is 7.25. The van der Waals surface area contributed by atoms with Crippen molar-refractivity contribution in [1.29, 1.82) is 0 Å². The van der Waals surface area contributed by atoms with Gasteiger partial charge in [0, 0.05) is 33.8 Å². The van der Waals surface area contributed by atoms with Crippen molar-refractivity contribution in [2.75, 3.05) is 9.80 Å². The number of rotatable bonds is 10. The third-order valence-electron chi connectivity index (χ3n) is 15.4. The van der Waals surface area contributed by atoms with Gasteiger partial charge in [-0.1, -0.05) is 237 Å². The van der Waals surface area contributed by atoms with Gasteiger partial charge in [-0.15, -0.1) is 0 Å². The average molecular weight is 955 g/mol. The van der Waals surface area contributed by atoms with E-state index in [9.17, 15) is 0 Å². The Morgan fingerprint density at radius 1 is 0.227 bits per heavy atom. The van der Waals surface area contributed by atoms with Crippen LogP contribution in [0.4, 0.5) is 34.1 Å². The summed E-state index contributed by atoms with van der Waals surface area (Å²) in [6.07, 6.45) is 0. The Morgan fingerprint density at radius 3 is 1.17 bits per heavy atom. The van der Waals surface area contributed by atoms with Gasteiger partial charge in [-0.05, 0) is 149 Å². The van der Waals surface area contributed by atoms with Crippen molar-refractivity contribution in [2.24, 2.45) is 0 Å². The van der Waals surface area contributed by atoms with Crippen molar-refractivity contribution in [1.82, 2.24) is 0 Å². The zero-order valence-electron chi connectivity index (χ0n) is 41.3. The molecule has 0 amide bonds. The molecule has 13 aromatic carbocycles. The molecule has 0 bridgehead atoms. The van der Waals surface area contributed by atoms with Crippen LogP contribution in [0, 0.1) is 0 Å². The summed E-state index contributed by atoms with van der Waals surface area (Å²) in [6, 6.07) is 112. The molecule has 0 aromatic heterocycles. The first-order valence-electron chi connectivity index (χ1n) is 25.9. The molecule has 0 radical (unpaired) electrons. The lowest BCUT2D eigenvalue weighted by molar-refractivity contribution is 0.776. The van der Waals surface area contributed by atoms with Crippen LogP contribution in [0.2, 0.25) is 0 Å². The van der Waals surface area contributed by atoms with Gasteiger partial charge in [-0.3, -0.25) is 0 Å². The Kier molecular flexibility index (Phi) is 10.8. The van der Waals surface area contributed by atoms with E-state index in [1.807, 2.05) is 0 Å². The lowest BCUT2D eigenvalue weighted by Gasteiger charge is -2.36. The van der Waals surface area contributed by atoms with Crippen LogP contribution >= 0.6 is 0 Å². The van der Waals surface area contributed by atoms with E-state index >= 15 is 0 Å². The molecule has 2 heteroatoms. The second kappa shape index (κ2) is 18.4. The van der Waals surface area contributed by atoms with E-state index in [0.717, 1.165) is 34.1 Å². The molecule has 1 aliphatic rings. The topological polar surface area (TPSA) is 6.48 Å². The average Bonchev–Trinajstić information content (AvgIpc) is 4.08. The molecular weight excluding hydrogens is 905 g/mol. The van der Waals surface area contributed by atoms with E-state index in [1.165, 1.54) is 88.0 Å². The van der Waals surface area contributed by atoms with Crippen molar-refractivity contribution in [3.05, 3.63) is 326 Å². The van der Waals surface area contributed by atoms with Gasteiger partial charge in [0.25, 0.3) is 0 Å². The van der Waals surface area contributed by atoms with Gasteiger partial charge in [-0.2, -0.15) is 0 Å². The van der Waals surface area contributed by atoms with E-state index in [2.05, 4.69) is 313 Å². The van der Waals surface area contributed by atoms with Crippen LogP contribution in [-0.4, -0.2) is 0 Å². The molecule has 0 heterocycles. The fraction of sp³-hybridized carbons (Fsp3) is 0.0137. The van der Waals surface area contributed by atoms with E-state index in [4.69, 9.17) is 0 Å². The molecule has 0 aliphatic heterocycles. The maximum Gasteiger partial charge on any atom is 0.0720 e. The third-order valence-corrected chi connectivity index (χ3v) is 15.4. The first-order valence-corrected chi connectivity index (χ1v) is 25.9. The minimum Gasteiger partial charge on any atom is -0.310 e.